The van der Waals surface area contributed by atoms with Crippen molar-refractivity contribution in [1.82, 2.24) is 15.0 Å². The number of fused-ring (bicyclic) bond motifs is 7. The first-order valence-electron chi connectivity index (χ1n) is 16.2. The Hall–Kier alpha value is -5.44. The number of carbonyl (C=O) groups excluding carboxylic acids is 1. The molecule has 0 saturated carbocycles. The predicted octanol–water partition coefficient (Wildman–Crippen LogP) is 4.55. The monoisotopic (exact) mass is 638 g/mol. The average Bonchev–Trinajstić information content (AvgIpc) is 3.81. The summed E-state index contributed by atoms with van der Waals surface area (Å²) in [6.07, 6.45) is 13.8. The fourth-order valence-electron chi connectivity index (χ4n) is 6.50. The number of rotatable bonds is 5. The minimum Gasteiger partial charge on any atom is -0.507 e. The van der Waals surface area contributed by atoms with Gasteiger partial charge < -0.3 is 29.0 Å². The van der Waals surface area contributed by atoms with Gasteiger partial charge in [-0.3, -0.25) is 4.79 Å². The Labute approximate surface area is 280 Å². The van der Waals surface area contributed by atoms with E-state index in [9.17, 15) is 9.90 Å². The first kappa shape index (κ1) is 31.2. The van der Waals surface area contributed by atoms with Crippen LogP contribution in [0.5, 0.6) is 5.75 Å². The van der Waals surface area contributed by atoms with Gasteiger partial charge in [-0.1, -0.05) is 12.1 Å². The van der Waals surface area contributed by atoms with Crippen LogP contribution in [0.1, 0.15) is 33.9 Å². The Morgan fingerprint density at radius 3 is 2.12 bits per heavy atom. The van der Waals surface area contributed by atoms with Gasteiger partial charge >= 0.3 is 0 Å². The molecule has 3 aromatic heterocycles. The van der Waals surface area contributed by atoms with Crippen LogP contribution in [0.3, 0.4) is 0 Å². The van der Waals surface area contributed by atoms with Crippen molar-refractivity contribution in [2.45, 2.75) is 6.54 Å². The summed E-state index contributed by atoms with van der Waals surface area (Å²) in [5.41, 5.74) is 10.9. The Kier molecular flexibility index (Phi) is 7.58. The number of ketones is 1. The van der Waals surface area contributed by atoms with Gasteiger partial charge in [0.05, 0.1) is 59.3 Å². The second-order valence-corrected chi connectivity index (χ2v) is 14.8. The summed E-state index contributed by atoms with van der Waals surface area (Å²) in [6.45, 7) is 1.32. The van der Waals surface area contributed by atoms with Crippen molar-refractivity contribution in [3.8, 4) is 5.75 Å². The van der Waals surface area contributed by atoms with Crippen LogP contribution in [0.25, 0.3) is 23.3 Å². The van der Waals surface area contributed by atoms with Crippen molar-refractivity contribution in [3.05, 3.63) is 146 Å². The summed E-state index contributed by atoms with van der Waals surface area (Å²) in [7, 11) is 12.6. The molecule has 48 heavy (non-hydrogen) atoms. The van der Waals surface area contributed by atoms with Gasteiger partial charge in [-0.05, 0) is 96.1 Å². The second-order valence-electron chi connectivity index (χ2n) is 14.8. The van der Waals surface area contributed by atoms with Crippen molar-refractivity contribution < 1.29 is 18.9 Å². The highest BCUT2D eigenvalue weighted by Gasteiger charge is 2.24. The number of phenolic OH excluding ortho intramolecular Hbond substituents is 1. The molecule has 242 valence electrons. The molecule has 7 rings (SSSR count). The SMILES string of the molecule is C[N+](C)(C)CC1=C/C(=C2C3=N/C(=C\c4ccc([nH]4)/C(c4ccc(O)c(C[N+](C)(C)C)c4)=c4/cc/c([nH]4)=C/c4ccc/2[nH]4)C=C3)C=CC1=O. The van der Waals surface area contributed by atoms with E-state index in [1.807, 2.05) is 36.4 Å². The van der Waals surface area contributed by atoms with Crippen LogP contribution in [0, 0.1) is 0 Å². The first-order valence-corrected chi connectivity index (χ1v) is 16.2. The maximum atomic E-state index is 12.9. The molecular weight excluding hydrogens is 596 g/mol. The summed E-state index contributed by atoms with van der Waals surface area (Å²) >= 11 is 0. The molecule has 0 atom stereocenters. The quantitative estimate of drug-likeness (QED) is 0.242. The maximum Gasteiger partial charge on any atom is 0.187 e. The molecule has 0 radical (unpaired) electrons. The number of hydrogen-bond donors (Lipinski definition) is 4. The van der Waals surface area contributed by atoms with Crippen molar-refractivity contribution in [2.24, 2.45) is 4.99 Å². The topological polar surface area (TPSA) is 97.0 Å². The lowest BCUT2D eigenvalue weighted by Crippen LogP contribution is -2.37. The summed E-state index contributed by atoms with van der Waals surface area (Å²) in [4.78, 5) is 28.8. The Bertz CT molecular complexity index is 2280. The molecule has 0 saturated heterocycles. The van der Waals surface area contributed by atoms with Gasteiger partial charge in [-0.25, -0.2) is 4.99 Å². The number of aromatic hydroxyl groups is 1. The number of quaternary nitrogens is 2. The molecule has 8 bridgehead atoms. The number of aromatic nitrogens is 3. The van der Waals surface area contributed by atoms with Crippen LogP contribution in [-0.2, 0) is 11.3 Å². The van der Waals surface area contributed by atoms with E-state index in [0.717, 1.165) is 78.3 Å². The molecule has 3 aliphatic rings. The van der Waals surface area contributed by atoms with E-state index in [1.54, 1.807) is 12.1 Å². The van der Waals surface area contributed by atoms with Crippen LogP contribution >= 0.6 is 0 Å². The van der Waals surface area contributed by atoms with E-state index < -0.39 is 0 Å². The molecule has 5 heterocycles. The van der Waals surface area contributed by atoms with Gasteiger partial charge in [0.2, 0.25) is 0 Å². The van der Waals surface area contributed by atoms with Crippen molar-refractivity contribution in [3.63, 3.8) is 0 Å². The zero-order valence-corrected chi connectivity index (χ0v) is 28.3. The fraction of sp³-hybridized carbons (Fsp3) is 0.200. The van der Waals surface area contributed by atoms with Crippen LogP contribution in [0.15, 0.2) is 107 Å². The second kappa shape index (κ2) is 11.7. The molecule has 1 aliphatic carbocycles. The van der Waals surface area contributed by atoms with E-state index >= 15 is 0 Å². The van der Waals surface area contributed by atoms with Crippen LogP contribution in [-0.4, -0.2) is 89.4 Å². The van der Waals surface area contributed by atoms with Crippen LogP contribution in [0.2, 0.25) is 0 Å². The molecule has 0 fully saturated rings. The van der Waals surface area contributed by atoms with Crippen LogP contribution in [0.4, 0.5) is 0 Å². The van der Waals surface area contributed by atoms with Gasteiger partial charge in [-0.2, -0.15) is 0 Å². The smallest absolute Gasteiger partial charge is 0.187 e. The van der Waals surface area contributed by atoms with Gasteiger partial charge in [0.15, 0.2) is 5.78 Å². The third-order valence-corrected chi connectivity index (χ3v) is 8.47. The Morgan fingerprint density at radius 2 is 1.40 bits per heavy atom. The minimum absolute atomic E-state index is 0.0452. The normalized spacial score (nSPS) is 20.7. The minimum atomic E-state index is 0.0452. The fourth-order valence-corrected chi connectivity index (χ4v) is 6.50. The number of aromatic amines is 3. The molecule has 0 spiro atoms. The zero-order chi connectivity index (χ0) is 33.8. The van der Waals surface area contributed by atoms with Crippen molar-refractivity contribution >= 4 is 34.8 Å². The summed E-state index contributed by atoms with van der Waals surface area (Å²) < 4.78 is 1.35. The number of nitrogens with zero attached hydrogens (tertiary/aromatic N) is 3. The van der Waals surface area contributed by atoms with Gasteiger partial charge in [0, 0.05) is 50.2 Å². The standard InChI is InChI=1S/C40H40N6O2/c1-45(2,3)23-27-19-25(7-17-37(27)47)39-33-13-9-29(41-33)21-31-11-15-35(43-31)40(26-8-18-38(48)28(20-26)24-46(4,5)6)36-16-12-32(44-36)22-30-10-14-34(39)42-30/h7-22H,23-24H2,1-6H3,(H2-2,41,42,43,44,47,48)/p+2/b29-21-,30-22?,31-21?,32-22-,39-33-,39-34?,40-35?,40-36?. The number of nitrogens with one attached hydrogen (secondary N) is 3. The van der Waals surface area contributed by atoms with Crippen molar-refractivity contribution in [2.75, 3.05) is 48.8 Å². The predicted molar refractivity (Wildman–Crippen MR) is 193 cm³/mol. The number of allylic oxidation sites excluding steroid dienone is 7. The highest BCUT2D eigenvalue weighted by Crippen LogP contribution is 2.31. The highest BCUT2D eigenvalue weighted by molar-refractivity contribution is 6.32. The lowest BCUT2D eigenvalue weighted by atomic mass is 9.92. The van der Waals surface area contributed by atoms with Crippen LogP contribution < -0.4 is 10.7 Å². The third kappa shape index (κ3) is 6.53. The van der Waals surface area contributed by atoms with E-state index in [4.69, 9.17) is 4.99 Å². The molecule has 2 aliphatic heterocycles. The summed E-state index contributed by atoms with van der Waals surface area (Å²) in [5, 5.41) is 12.6. The molecule has 8 heteroatoms. The number of aliphatic imine (C=N–C) groups is 1. The van der Waals surface area contributed by atoms with Gasteiger partial charge in [-0.15, -0.1) is 0 Å². The molecule has 0 amide bonds. The average molecular weight is 639 g/mol. The Balaban J connectivity index is 1.42. The van der Waals surface area contributed by atoms with Gasteiger partial charge in [0.1, 0.15) is 18.8 Å². The van der Waals surface area contributed by atoms with Gasteiger partial charge in [0.25, 0.3) is 0 Å². The Morgan fingerprint density at radius 1 is 0.688 bits per heavy atom. The van der Waals surface area contributed by atoms with E-state index in [2.05, 4.69) is 106 Å². The summed E-state index contributed by atoms with van der Waals surface area (Å²) in [5.74, 6) is 0.343. The number of carbonyl (C=O) groups is 1. The highest BCUT2D eigenvalue weighted by atomic mass is 16.3. The first-order chi connectivity index (χ1) is 22.8. The zero-order valence-electron chi connectivity index (χ0n) is 28.3. The number of benzene rings is 1. The number of phenols is 1. The molecule has 8 nitrogen and oxygen atoms in total. The van der Waals surface area contributed by atoms with E-state index in [-0.39, 0.29) is 5.78 Å². The number of likely N-dealkylation sites (N-methyl/N-ethyl adjacent to an activating group) is 1. The number of hydrogen-bond acceptors (Lipinski definition) is 3. The maximum absolute atomic E-state index is 12.9. The van der Waals surface area contributed by atoms with E-state index in [0.29, 0.717) is 27.8 Å². The molecular formula is C40H42N6O2+2. The molecule has 0 unspecified atom stereocenters. The lowest BCUT2D eigenvalue weighted by Gasteiger charge is -2.25. The molecule has 4 N–H and O–H groups in total. The molecule has 1 aromatic carbocycles. The third-order valence-electron chi connectivity index (χ3n) is 8.47. The van der Waals surface area contributed by atoms with Crippen molar-refractivity contribution in [1.29, 1.82) is 0 Å². The van der Waals surface area contributed by atoms with E-state index in [1.165, 1.54) is 0 Å². The number of H-pyrrole nitrogens is 3. The summed E-state index contributed by atoms with van der Waals surface area (Å²) in [6, 6.07) is 18.3. The lowest BCUT2D eigenvalue weighted by molar-refractivity contribution is -0.884. The molecule has 4 aromatic rings. The largest absolute Gasteiger partial charge is 0.507 e.